The number of hydrogen-bond acceptors (Lipinski definition) is 3. The molecule has 0 saturated carbocycles. The summed E-state index contributed by atoms with van der Waals surface area (Å²) in [5.74, 6) is 0.112. The highest BCUT2D eigenvalue weighted by molar-refractivity contribution is 7.88. The highest BCUT2D eigenvalue weighted by Crippen LogP contribution is 2.40. The van der Waals surface area contributed by atoms with Crippen LogP contribution in [0.15, 0.2) is 0 Å². The van der Waals surface area contributed by atoms with Crippen molar-refractivity contribution in [1.29, 1.82) is 0 Å². The average molecular weight is 276 g/mol. The predicted molar refractivity (Wildman–Crippen MR) is 71.7 cm³/mol. The Kier molecular flexibility index (Phi) is 4.78. The number of carbonyl (C=O) groups is 1. The predicted octanol–water partition coefficient (Wildman–Crippen LogP) is 0.917. The summed E-state index contributed by atoms with van der Waals surface area (Å²) in [7, 11) is -1.38. The van der Waals surface area contributed by atoms with E-state index in [2.05, 4.69) is 0 Å². The van der Waals surface area contributed by atoms with Crippen molar-refractivity contribution in [2.75, 3.05) is 32.9 Å². The molecule has 2 heterocycles. The molecule has 0 bridgehead atoms. The molecule has 1 spiro atoms. The fourth-order valence-electron chi connectivity index (χ4n) is 2.75. The van der Waals surface area contributed by atoms with Gasteiger partial charge < -0.3 is 4.90 Å². The van der Waals surface area contributed by atoms with E-state index in [0.29, 0.717) is 13.1 Å². The molecule has 18 heavy (non-hydrogen) atoms. The molecule has 0 aromatic heterocycles. The van der Waals surface area contributed by atoms with E-state index in [4.69, 9.17) is 0 Å². The smallest absolute Gasteiger partial charge is 0.229 e. The molecule has 2 aliphatic rings. The number of rotatable bonds is 1. The fourth-order valence-corrected chi connectivity index (χ4v) is 3.69. The molecule has 2 saturated heterocycles. The number of carbonyl (C=O) groups excluding carboxylic acids is 1. The molecule has 2 fully saturated rings. The minimum atomic E-state index is -3.17. The SMILES string of the molecule is CC.CN1CCC2(CCCN(S(C)(=O)=O)C2)C1=O. The Morgan fingerprint density at radius 1 is 1.17 bits per heavy atom. The van der Waals surface area contributed by atoms with Crippen molar-refractivity contribution in [2.24, 2.45) is 5.41 Å². The maximum atomic E-state index is 12.1. The van der Waals surface area contributed by atoms with Gasteiger partial charge in [-0.05, 0) is 19.3 Å². The summed E-state index contributed by atoms with van der Waals surface area (Å²) in [5, 5.41) is 0. The first-order valence-corrected chi connectivity index (χ1v) is 8.41. The van der Waals surface area contributed by atoms with E-state index in [1.165, 1.54) is 10.6 Å². The molecule has 5 nitrogen and oxygen atoms in total. The topological polar surface area (TPSA) is 57.7 Å². The zero-order valence-electron chi connectivity index (χ0n) is 11.8. The third-order valence-corrected chi connectivity index (χ3v) is 4.99. The molecule has 2 aliphatic heterocycles. The lowest BCUT2D eigenvalue weighted by atomic mass is 9.79. The van der Waals surface area contributed by atoms with Gasteiger partial charge in [0, 0.05) is 26.7 Å². The molecule has 1 amide bonds. The van der Waals surface area contributed by atoms with Crippen LogP contribution in [0.4, 0.5) is 0 Å². The maximum Gasteiger partial charge on any atom is 0.229 e. The first-order valence-electron chi connectivity index (χ1n) is 6.56. The lowest BCUT2D eigenvalue weighted by Gasteiger charge is -2.37. The van der Waals surface area contributed by atoms with Crippen LogP contribution >= 0.6 is 0 Å². The van der Waals surface area contributed by atoms with Crippen molar-refractivity contribution in [3.63, 3.8) is 0 Å². The molecule has 106 valence electrons. The zero-order chi connectivity index (χ0) is 14.0. The van der Waals surface area contributed by atoms with Gasteiger partial charge in [0.25, 0.3) is 0 Å². The molecule has 0 aromatic rings. The van der Waals surface area contributed by atoms with Crippen molar-refractivity contribution in [2.45, 2.75) is 33.1 Å². The van der Waals surface area contributed by atoms with Crippen molar-refractivity contribution >= 4 is 15.9 Å². The molecular formula is C12H24N2O3S. The van der Waals surface area contributed by atoms with Crippen LogP contribution in [0.5, 0.6) is 0 Å². The van der Waals surface area contributed by atoms with E-state index in [-0.39, 0.29) is 5.91 Å². The van der Waals surface area contributed by atoms with Crippen LogP contribution in [0.25, 0.3) is 0 Å². The second kappa shape index (κ2) is 5.57. The Morgan fingerprint density at radius 3 is 2.22 bits per heavy atom. The minimum absolute atomic E-state index is 0.112. The Bertz CT molecular complexity index is 404. The van der Waals surface area contributed by atoms with Crippen LogP contribution < -0.4 is 0 Å². The van der Waals surface area contributed by atoms with Crippen molar-refractivity contribution in [3.05, 3.63) is 0 Å². The van der Waals surface area contributed by atoms with E-state index in [1.54, 1.807) is 11.9 Å². The molecule has 6 heteroatoms. The lowest BCUT2D eigenvalue weighted by Crippen LogP contribution is -2.49. The highest BCUT2D eigenvalue weighted by Gasteiger charge is 2.49. The first-order chi connectivity index (χ1) is 8.35. The quantitative estimate of drug-likeness (QED) is 0.715. The van der Waals surface area contributed by atoms with E-state index in [0.717, 1.165) is 25.8 Å². The van der Waals surface area contributed by atoms with Crippen LogP contribution in [0, 0.1) is 5.41 Å². The number of amides is 1. The summed E-state index contributed by atoms with van der Waals surface area (Å²) in [6.07, 6.45) is 3.61. The van der Waals surface area contributed by atoms with Crippen LogP contribution in [-0.2, 0) is 14.8 Å². The Balaban J connectivity index is 0.000000771. The summed E-state index contributed by atoms with van der Waals surface area (Å²) in [5.41, 5.74) is -0.434. The van der Waals surface area contributed by atoms with Crippen molar-refractivity contribution in [3.8, 4) is 0 Å². The van der Waals surface area contributed by atoms with Gasteiger partial charge in [0.15, 0.2) is 0 Å². The van der Waals surface area contributed by atoms with Crippen LogP contribution in [0.2, 0.25) is 0 Å². The maximum absolute atomic E-state index is 12.1. The summed E-state index contributed by atoms with van der Waals surface area (Å²) < 4.78 is 24.5. The van der Waals surface area contributed by atoms with Gasteiger partial charge in [-0.2, -0.15) is 0 Å². The van der Waals surface area contributed by atoms with E-state index in [9.17, 15) is 13.2 Å². The summed E-state index contributed by atoms with van der Waals surface area (Å²) >= 11 is 0. The van der Waals surface area contributed by atoms with Gasteiger partial charge in [0.05, 0.1) is 11.7 Å². The minimum Gasteiger partial charge on any atom is -0.345 e. The summed E-state index contributed by atoms with van der Waals surface area (Å²) in [6.45, 7) is 5.67. The number of nitrogens with zero attached hydrogens (tertiary/aromatic N) is 2. The van der Waals surface area contributed by atoms with E-state index in [1.807, 2.05) is 13.8 Å². The third kappa shape index (κ3) is 2.85. The molecule has 1 atom stereocenters. The Labute approximate surface area is 110 Å². The fraction of sp³-hybridized carbons (Fsp3) is 0.917. The first kappa shape index (κ1) is 15.4. The van der Waals surface area contributed by atoms with Crippen LogP contribution in [0.3, 0.4) is 0 Å². The number of likely N-dealkylation sites (tertiary alicyclic amines) is 1. The second-order valence-corrected chi connectivity index (χ2v) is 6.94. The van der Waals surface area contributed by atoms with Crippen molar-refractivity contribution < 1.29 is 13.2 Å². The molecule has 2 rings (SSSR count). The summed E-state index contributed by atoms with van der Waals surface area (Å²) in [4.78, 5) is 13.8. The third-order valence-electron chi connectivity index (χ3n) is 3.74. The van der Waals surface area contributed by atoms with E-state index >= 15 is 0 Å². The molecule has 0 N–H and O–H groups in total. The molecule has 0 radical (unpaired) electrons. The molecule has 1 unspecified atom stereocenters. The van der Waals surface area contributed by atoms with Gasteiger partial charge in [0.1, 0.15) is 0 Å². The average Bonchev–Trinajstić information content (AvgIpc) is 2.60. The number of sulfonamides is 1. The Morgan fingerprint density at radius 2 is 1.78 bits per heavy atom. The van der Waals surface area contributed by atoms with E-state index < -0.39 is 15.4 Å². The second-order valence-electron chi connectivity index (χ2n) is 4.96. The standard InChI is InChI=1S/C10H18N2O3S.C2H6/c1-11-7-5-10(9(11)13)4-3-6-12(8-10)16(2,14)15;1-2/h3-8H2,1-2H3;1-2H3. The van der Waals surface area contributed by atoms with Crippen LogP contribution in [0.1, 0.15) is 33.1 Å². The van der Waals surface area contributed by atoms with Gasteiger partial charge in [-0.1, -0.05) is 13.8 Å². The number of hydrogen-bond donors (Lipinski definition) is 0. The van der Waals surface area contributed by atoms with Crippen molar-refractivity contribution in [1.82, 2.24) is 9.21 Å². The van der Waals surface area contributed by atoms with Gasteiger partial charge in [-0.15, -0.1) is 0 Å². The molecule has 0 aromatic carbocycles. The number of piperidine rings is 1. The van der Waals surface area contributed by atoms with Gasteiger partial charge in [-0.25, -0.2) is 12.7 Å². The lowest BCUT2D eigenvalue weighted by molar-refractivity contribution is -0.136. The highest BCUT2D eigenvalue weighted by atomic mass is 32.2. The van der Waals surface area contributed by atoms with Gasteiger partial charge in [-0.3, -0.25) is 4.79 Å². The molecule has 0 aliphatic carbocycles. The summed E-state index contributed by atoms with van der Waals surface area (Å²) in [6, 6.07) is 0. The molecular weight excluding hydrogens is 252 g/mol. The largest absolute Gasteiger partial charge is 0.345 e. The van der Waals surface area contributed by atoms with Gasteiger partial charge >= 0.3 is 0 Å². The Hall–Kier alpha value is -0.620. The normalized spacial score (nSPS) is 29.3. The van der Waals surface area contributed by atoms with Crippen LogP contribution in [-0.4, -0.2) is 56.5 Å². The monoisotopic (exact) mass is 276 g/mol. The van der Waals surface area contributed by atoms with Gasteiger partial charge in [0.2, 0.25) is 15.9 Å². The zero-order valence-corrected chi connectivity index (χ0v) is 12.6.